The van der Waals surface area contributed by atoms with E-state index in [0.717, 1.165) is 11.3 Å². The summed E-state index contributed by atoms with van der Waals surface area (Å²) >= 11 is 6.79. The fourth-order valence-corrected chi connectivity index (χ4v) is 6.28. The molecule has 1 amide bonds. The summed E-state index contributed by atoms with van der Waals surface area (Å²) in [4.78, 5) is 28.8. The highest BCUT2D eigenvalue weighted by Gasteiger charge is 2.17. The Balaban J connectivity index is 1.86. The molecule has 1 heterocycles. The quantitative estimate of drug-likeness (QED) is 0.394. The van der Waals surface area contributed by atoms with Crippen LogP contribution in [0.3, 0.4) is 0 Å². The summed E-state index contributed by atoms with van der Waals surface area (Å²) in [5.41, 5.74) is 0.465. The summed E-state index contributed by atoms with van der Waals surface area (Å²) in [7, 11) is -7.56. The molecule has 0 aliphatic rings. The molecule has 3 aromatic rings. The topological polar surface area (TPSA) is 155 Å². The van der Waals surface area contributed by atoms with Gasteiger partial charge in [0.2, 0.25) is 15.9 Å². The Morgan fingerprint density at radius 2 is 1.74 bits per heavy atom. The Morgan fingerprint density at radius 1 is 1.09 bits per heavy atom. The van der Waals surface area contributed by atoms with E-state index in [1.54, 1.807) is 6.92 Å². The number of primary sulfonamides is 1. The second kappa shape index (κ2) is 11.0. The first-order chi connectivity index (χ1) is 16.4. The molecule has 0 aliphatic heterocycles. The summed E-state index contributed by atoms with van der Waals surface area (Å²) in [6, 6.07) is 9.83. The Bertz CT molecular complexity index is 1540. The predicted octanol–water partition coefficient (Wildman–Crippen LogP) is 2.25. The number of nitrogens with zero attached hydrogens (tertiary/aromatic N) is 2. The van der Waals surface area contributed by atoms with Crippen molar-refractivity contribution in [2.45, 2.75) is 36.1 Å². The van der Waals surface area contributed by atoms with Crippen LogP contribution in [0, 0.1) is 0 Å². The zero-order valence-electron chi connectivity index (χ0n) is 18.5. The molecule has 0 fully saturated rings. The molecule has 0 aliphatic carbocycles. The maximum atomic E-state index is 12.5. The van der Waals surface area contributed by atoms with E-state index in [-0.39, 0.29) is 46.3 Å². The molecule has 2 aromatic carbocycles. The fourth-order valence-electron chi connectivity index (χ4n) is 3.14. The summed E-state index contributed by atoms with van der Waals surface area (Å²) in [6.07, 6.45) is -0.117. The van der Waals surface area contributed by atoms with E-state index in [4.69, 9.17) is 21.5 Å². The van der Waals surface area contributed by atoms with Crippen molar-refractivity contribution in [2.75, 3.05) is 12.4 Å². The number of ether oxygens (including phenoxy) is 1. The van der Waals surface area contributed by atoms with Crippen LogP contribution in [0.4, 0.5) is 0 Å². The number of rotatable bonds is 9. The van der Waals surface area contributed by atoms with Crippen LogP contribution in [0.1, 0.15) is 19.8 Å². The lowest BCUT2D eigenvalue weighted by molar-refractivity contribution is -0.143. The lowest BCUT2D eigenvalue weighted by Gasteiger charge is -2.06. The van der Waals surface area contributed by atoms with E-state index >= 15 is 0 Å². The van der Waals surface area contributed by atoms with Crippen molar-refractivity contribution >= 4 is 64.9 Å². The summed E-state index contributed by atoms with van der Waals surface area (Å²) in [5.74, 6) is -1.42. The lowest BCUT2D eigenvalue weighted by atomic mass is 10.3. The number of esters is 1. The number of sulfonamides is 1. The molecular formula is C21H22ClN3O7S3. The van der Waals surface area contributed by atoms with Crippen LogP contribution in [-0.4, -0.2) is 45.6 Å². The zero-order chi connectivity index (χ0) is 25.8. The van der Waals surface area contributed by atoms with E-state index in [1.807, 2.05) is 0 Å². The van der Waals surface area contributed by atoms with E-state index in [9.17, 15) is 26.4 Å². The van der Waals surface area contributed by atoms with Crippen LogP contribution in [-0.2, 0) is 40.7 Å². The van der Waals surface area contributed by atoms with Crippen LogP contribution in [0.15, 0.2) is 57.2 Å². The summed E-state index contributed by atoms with van der Waals surface area (Å²) in [5, 5.41) is 5.61. The van der Waals surface area contributed by atoms with Gasteiger partial charge in [-0.3, -0.25) is 9.59 Å². The number of nitrogens with two attached hydrogens (primary N) is 1. The fraction of sp³-hybridized carbons (Fsp3) is 0.286. The van der Waals surface area contributed by atoms with Crippen molar-refractivity contribution < 1.29 is 31.2 Å². The van der Waals surface area contributed by atoms with Gasteiger partial charge in [-0.25, -0.2) is 22.0 Å². The highest BCUT2D eigenvalue weighted by atomic mass is 35.5. The van der Waals surface area contributed by atoms with Crippen molar-refractivity contribution in [1.29, 1.82) is 0 Å². The van der Waals surface area contributed by atoms with Crippen LogP contribution in [0.5, 0.6) is 0 Å². The van der Waals surface area contributed by atoms with Gasteiger partial charge in [-0.2, -0.15) is 4.99 Å². The third kappa shape index (κ3) is 6.98. The minimum Gasteiger partial charge on any atom is -0.465 e. The van der Waals surface area contributed by atoms with Crippen LogP contribution in [0.2, 0.25) is 5.02 Å². The molecular weight excluding hydrogens is 538 g/mol. The first-order valence-electron chi connectivity index (χ1n) is 10.3. The first-order valence-corrected chi connectivity index (χ1v) is 14.7. The van der Waals surface area contributed by atoms with Crippen molar-refractivity contribution in [3.8, 4) is 0 Å². The number of hydrogen-bond acceptors (Lipinski definition) is 8. The number of amides is 1. The van der Waals surface area contributed by atoms with Gasteiger partial charge in [0, 0.05) is 11.4 Å². The van der Waals surface area contributed by atoms with Crippen molar-refractivity contribution in [3.05, 3.63) is 52.3 Å². The molecule has 10 nitrogen and oxygen atoms in total. The van der Waals surface area contributed by atoms with Gasteiger partial charge in [-0.1, -0.05) is 22.9 Å². The Hall–Kier alpha value is -2.58. The molecule has 0 radical (unpaired) electrons. The van der Waals surface area contributed by atoms with Gasteiger partial charge in [0.25, 0.3) is 0 Å². The van der Waals surface area contributed by atoms with E-state index in [2.05, 4.69) is 4.99 Å². The van der Waals surface area contributed by atoms with Crippen LogP contribution < -0.4 is 9.94 Å². The highest BCUT2D eigenvalue weighted by Crippen LogP contribution is 2.22. The molecule has 2 N–H and O–H groups in total. The number of aromatic nitrogens is 1. The van der Waals surface area contributed by atoms with E-state index < -0.39 is 31.7 Å². The number of halogens is 1. The zero-order valence-corrected chi connectivity index (χ0v) is 21.7. The third-order valence-corrected chi connectivity index (χ3v) is 8.79. The molecule has 0 bridgehead atoms. The smallest absolute Gasteiger partial charge is 0.326 e. The number of benzene rings is 2. The second-order valence-corrected chi connectivity index (χ2v) is 12.4. The Morgan fingerprint density at radius 3 is 2.37 bits per heavy atom. The van der Waals surface area contributed by atoms with Gasteiger partial charge >= 0.3 is 5.97 Å². The number of thiazole rings is 1. The Kier molecular flexibility index (Phi) is 8.49. The maximum Gasteiger partial charge on any atom is 0.326 e. The largest absolute Gasteiger partial charge is 0.465 e. The monoisotopic (exact) mass is 559 g/mol. The average molecular weight is 560 g/mol. The molecule has 188 valence electrons. The molecule has 0 atom stereocenters. The highest BCUT2D eigenvalue weighted by molar-refractivity contribution is 7.91. The van der Waals surface area contributed by atoms with Gasteiger partial charge in [-0.15, -0.1) is 0 Å². The molecule has 3 rings (SSSR count). The maximum absolute atomic E-state index is 12.5. The van der Waals surface area contributed by atoms with Crippen molar-refractivity contribution in [2.24, 2.45) is 10.1 Å². The molecule has 0 saturated heterocycles. The SMILES string of the molecule is CCOC(=O)Cn1c(=NC(=O)CCCS(=O)(=O)c2ccc(Cl)cc2)sc2cc(S(N)(=O)=O)ccc21. The van der Waals surface area contributed by atoms with E-state index in [0.29, 0.717) is 15.2 Å². The minimum atomic E-state index is -3.96. The normalized spacial score (nSPS) is 12.7. The molecule has 35 heavy (non-hydrogen) atoms. The molecule has 0 unspecified atom stereocenters. The number of carbonyl (C=O) groups is 2. The molecule has 14 heteroatoms. The van der Waals surface area contributed by atoms with Gasteiger partial charge in [0.15, 0.2) is 14.6 Å². The second-order valence-electron chi connectivity index (χ2n) is 7.33. The van der Waals surface area contributed by atoms with Crippen molar-refractivity contribution in [1.82, 2.24) is 4.57 Å². The van der Waals surface area contributed by atoms with Crippen LogP contribution >= 0.6 is 22.9 Å². The molecule has 0 spiro atoms. The van der Waals surface area contributed by atoms with Crippen LogP contribution in [0.25, 0.3) is 10.2 Å². The first kappa shape index (κ1) is 27.0. The minimum absolute atomic E-state index is 0.0334. The summed E-state index contributed by atoms with van der Waals surface area (Å²) < 4.78 is 55.2. The standard InChI is InChI=1S/C21H22ClN3O7S3/c1-2-32-20(27)13-25-17-10-9-16(35(23,30)31)12-18(17)33-21(25)24-19(26)4-3-11-34(28,29)15-7-5-14(22)6-8-15/h5-10,12H,2-4,11,13H2,1H3,(H2,23,30,31). The van der Waals surface area contributed by atoms with Gasteiger partial charge in [0.1, 0.15) is 6.54 Å². The number of hydrogen-bond donors (Lipinski definition) is 1. The van der Waals surface area contributed by atoms with Crippen molar-refractivity contribution in [3.63, 3.8) is 0 Å². The average Bonchev–Trinajstić information content (AvgIpc) is 3.09. The number of sulfone groups is 1. The third-order valence-electron chi connectivity index (χ3n) is 4.77. The number of carbonyl (C=O) groups excluding carboxylic acids is 2. The van der Waals surface area contributed by atoms with Gasteiger partial charge in [0.05, 0.1) is 32.4 Å². The Labute approximate surface area is 211 Å². The summed E-state index contributed by atoms with van der Waals surface area (Å²) in [6.45, 7) is 1.56. The molecule has 1 aromatic heterocycles. The predicted molar refractivity (Wildman–Crippen MR) is 131 cm³/mol. The van der Waals surface area contributed by atoms with Gasteiger partial charge in [-0.05, 0) is 55.8 Å². The molecule has 0 saturated carbocycles. The van der Waals surface area contributed by atoms with Gasteiger partial charge < -0.3 is 9.30 Å². The number of fused-ring (bicyclic) bond motifs is 1. The van der Waals surface area contributed by atoms with E-state index in [1.165, 1.54) is 47.0 Å². The lowest BCUT2D eigenvalue weighted by Crippen LogP contribution is -2.23.